The highest BCUT2D eigenvalue weighted by atomic mass is 32.1. The van der Waals surface area contributed by atoms with E-state index in [0.29, 0.717) is 6.04 Å². The summed E-state index contributed by atoms with van der Waals surface area (Å²) < 4.78 is 5.10. The Morgan fingerprint density at radius 3 is 3.12 bits per heavy atom. The van der Waals surface area contributed by atoms with Gasteiger partial charge in [-0.1, -0.05) is 11.3 Å². The fourth-order valence-corrected chi connectivity index (χ4v) is 3.41. The number of thiazole rings is 1. The van der Waals surface area contributed by atoms with Gasteiger partial charge in [-0.2, -0.15) is 0 Å². The van der Waals surface area contributed by atoms with Crippen LogP contribution in [0.4, 0.5) is 5.13 Å². The van der Waals surface area contributed by atoms with Crippen molar-refractivity contribution in [2.75, 3.05) is 39.3 Å². The lowest BCUT2D eigenvalue weighted by Crippen LogP contribution is -2.21. The molecule has 1 atom stereocenters. The van der Waals surface area contributed by atoms with E-state index < -0.39 is 0 Å². The van der Waals surface area contributed by atoms with Crippen LogP contribution in [0.25, 0.3) is 0 Å². The highest BCUT2D eigenvalue weighted by Gasteiger charge is 2.24. The lowest BCUT2D eigenvalue weighted by molar-refractivity contribution is 0.206. The molecule has 1 heterocycles. The number of methoxy groups -OCH3 is 1. The van der Waals surface area contributed by atoms with Gasteiger partial charge in [0.15, 0.2) is 5.13 Å². The third-order valence-corrected chi connectivity index (χ3v) is 4.57. The first-order valence-electron chi connectivity index (χ1n) is 6.13. The predicted molar refractivity (Wildman–Crippen MR) is 72.0 cm³/mol. The minimum absolute atomic E-state index is 0.501. The first-order valence-corrected chi connectivity index (χ1v) is 6.95. The minimum Gasteiger partial charge on any atom is -0.383 e. The third-order valence-electron chi connectivity index (χ3n) is 3.24. The van der Waals surface area contributed by atoms with Gasteiger partial charge in [-0.3, -0.25) is 0 Å². The molecule has 17 heavy (non-hydrogen) atoms. The molecule has 96 valence electrons. The Morgan fingerprint density at radius 2 is 2.41 bits per heavy atom. The minimum atomic E-state index is 0.501. The van der Waals surface area contributed by atoms with Crippen molar-refractivity contribution in [1.82, 2.24) is 10.3 Å². The Kier molecular flexibility index (Phi) is 4.36. The first kappa shape index (κ1) is 12.8. The van der Waals surface area contributed by atoms with Crippen LogP contribution in [0.2, 0.25) is 0 Å². The fraction of sp³-hybridized carbons (Fsp3) is 0.750. The van der Waals surface area contributed by atoms with Crippen LogP contribution in [0.5, 0.6) is 0 Å². The second kappa shape index (κ2) is 5.80. The van der Waals surface area contributed by atoms with Crippen LogP contribution in [-0.2, 0) is 11.2 Å². The number of hydrogen-bond donors (Lipinski definition) is 1. The molecule has 2 rings (SSSR count). The van der Waals surface area contributed by atoms with Crippen molar-refractivity contribution >= 4 is 16.5 Å². The molecule has 0 aliphatic heterocycles. The number of nitrogens with one attached hydrogen (secondary N) is 1. The largest absolute Gasteiger partial charge is 0.383 e. The van der Waals surface area contributed by atoms with Gasteiger partial charge < -0.3 is 15.0 Å². The maximum Gasteiger partial charge on any atom is 0.185 e. The van der Waals surface area contributed by atoms with Gasteiger partial charge in [0, 0.05) is 31.6 Å². The molecule has 1 aromatic rings. The van der Waals surface area contributed by atoms with Crippen LogP contribution in [0.1, 0.15) is 29.5 Å². The molecule has 1 aliphatic carbocycles. The summed E-state index contributed by atoms with van der Waals surface area (Å²) in [6.45, 7) is 1.64. The molecule has 0 amide bonds. The molecule has 0 radical (unpaired) electrons. The second-order valence-corrected chi connectivity index (χ2v) is 5.46. The van der Waals surface area contributed by atoms with Crippen molar-refractivity contribution in [2.24, 2.45) is 0 Å². The SMILES string of the molecule is CNC1CCCc2nc(N(C)CCOC)sc21. The van der Waals surface area contributed by atoms with Gasteiger partial charge in [0.05, 0.1) is 12.3 Å². The number of anilines is 1. The topological polar surface area (TPSA) is 37.4 Å². The zero-order valence-electron chi connectivity index (χ0n) is 10.8. The molecule has 1 aromatic heterocycles. The van der Waals surface area contributed by atoms with Crippen molar-refractivity contribution in [3.63, 3.8) is 0 Å². The Hall–Kier alpha value is -0.650. The maximum absolute atomic E-state index is 5.10. The Bertz CT molecular complexity index is 367. The average molecular weight is 255 g/mol. The van der Waals surface area contributed by atoms with E-state index >= 15 is 0 Å². The molecule has 0 spiro atoms. The summed E-state index contributed by atoms with van der Waals surface area (Å²) in [5.74, 6) is 0. The molecule has 1 unspecified atom stereocenters. The summed E-state index contributed by atoms with van der Waals surface area (Å²) in [6, 6.07) is 0.501. The van der Waals surface area contributed by atoms with E-state index in [0.717, 1.165) is 24.7 Å². The summed E-state index contributed by atoms with van der Waals surface area (Å²) in [5, 5.41) is 4.50. The molecular formula is C12H21N3OS. The van der Waals surface area contributed by atoms with Crippen LogP contribution in [0, 0.1) is 0 Å². The van der Waals surface area contributed by atoms with E-state index in [9.17, 15) is 0 Å². The molecule has 0 saturated heterocycles. The van der Waals surface area contributed by atoms with Gasteiger partial charge in [-0.15, -0.1) is 0 Å². The van der Waals surface area contributed by atoms with E-state index in [4.69, 9.17) is 9.72 Å². The molecule has 0 fully saturated rings. The highest BCUT2D eigenvalue weighted by Crippen LogP contribution is 2.36. The van der Waals surface area contributed by atoms with Gasteiger partial charge in [-0.05, 0) is 26.3 Å². The number of aryl methyl sites for hydroxylation is 1. The van der Waals surface area contributed by atoms with E-state index in [2.05, 4.69) is 17.3 Å². The molecule has 4 nitrogen and oxygen atoms in total. The maximum atomic E-state index is 5.10. The lowest BCUT2D eigenvalue weighted by Gasteiger charge is -2.19. The number of likely N-dealkylation sites (N-methyl/N-ethyl adjacent to an activating group) is 1. The Labute approximate surface area is 107 Å². The fourth-order valence-electron chi connectivity index (χ4n) is 2.17. The van der Waals surface area contributed by atoms with Crippen molar-refractivity contribution in [3.05, 3.63) is 10.6 Å². The second-order valence-electron chi connectivity index (χ2n) is 4.46. The smallest absolute Gasteiger partial charge is 0.185 e. The van der Waals surface area contributed by atoms with Gasteiger partial charge >= 0.3 is 0 Å². The number of hydrogen-bond acceptors (Lipinski definition) is 5. The van der Waals surface area contributed by atoms with Crippen molar-refractivity contribution in [3.8, 4) is 0 Å². The molecule has 0 aromatic carbocycles. The highest BCUT2D eigenvalue weighted by molar-refractivity contribution is 7.15. The number of rotatable bonds is 5. The number of nitrogens with zero attached hydrogens (tertiary/aromatic N) is 2. The predicted octanol–water partition coefficient (Wildman–Crippen LogP) is 1.82. The average Bonchev–Trinajstić information content (AvgIpc) is 2.79. The van der Waals surface area contributed by atoms with Crippen LogP contribution >= 0.6 is 11.3 Å². The van der Waals surface area contributed by atoms with Crippen LogP contribution in [0.15, 0.2) is 0 Å². The third kappa shape index (κ3) is 2.78. The van der Waals surface area contributed by atoms with Gasteiger partial charge in [0.2, 0.25) is 0 Å². The molecule has 0 saturated carbocycles. The van der Waals surface area contributed by atoms with Crippen molar-refractivity contribution < 1.29 is 4.74 Å². The Morgan fingerprint density at radius 1 is 1.59 bits per heavy atom. The van der Waals surface area contributed by atoms with Crippen LogP contribution in [0.3, 0.4) is 0 Å². The van der Waals surface area contributed by atoms with Gasteiger partial charge in [0.25, 0.3) is 0 Å². The van der Waals surface area contributed by atoms with E-state index in [1.807, 2.05) is 18.4 Å². The van der Waals surface area contributed by atoms with Crippen molar-refractivity contribution in [2.45, 2.75) is 25.3 Å². The van der Waals surface area contributed by atoms with E-state index in [1.165, 1.54) is 23.4 Å². The lowest BCUT2D eigenvalue weighted by atomic mass is 9.98. The number of ether oxygens (including phenoxy) is 1. The monoisotopic (exact) mass is 255 g/mol. The zero-order valence-corrected chi connectivity index (χ0v) is 11.6. The summed E-state index contributed by atoms with van der Waals surface area (Å²) in [4.78, 5) is 8.36. The summed E-state index contributed by atoms with van der Waals surface area (Å²) in [6.07, 6.45) is 3.60. The zero-order chi connectivity index (χ0) is 12.3. The quantitative estimate of drug-likeness (QED) is 0.871. The Balaban J connectivity index is 2.12. The number of aromatic nitrogens is 1. The van der Waals surface area contributed by atoms with E-state index in [1.54, 1.807) is 7.11 Å². The van der Waals surface area contributed by atoms with E-state index in [-0.39, 0.29) is 0 Å². The molecule has 0 bridgehead atoms. The van der Waals surface area contributed by atoms with Gasteiger partial charge in [-0.25, -0.2) is 4.98 Å². The summed E-state index contributed by atoms with van der Waals surface area (Å²) in [7, 11) is 5.85. The normalized spacial score (nSPS) is 19.1. The van der Waals surface area contributed by atoms with Crippen molar-refractivity contribution in [1.29, 1.82) is 0 Å². The molecule has 1 N–H and O–H groups in total. The molecular weight excluding hydrogens is 234 g/mol. The summed E-state index contributed by atoms with van der Waals surface area (Å²) >= 11 is 1.82. The van der Waals surface area contributed by atoms with Crippen LogP contribution < -0.4 is 10.2 Å². The van der Waals surface area contributed by atoms with Crippen LogP contribution in [-0.4, -0.2) is 39.3 Å². The standard InChI is InChI=1S/C12H21N3OS/c1-13-9-5-4-6-10-11(9)17-12(14-10)15(2)7-8-16-3/h9,13H,4-8H2,1-3H3. The molecule has 1 aliphatic rings. The molecule has 5 heteroatoms. The van der Waals surface area contributed by atoms with Gasteiger partial charge in [0.1, 0.15) is 0 Å². The first-order chi connectivity index (χ1) is 8.26. The number of fused-ring (bicyclic) bond motifs is 1. The summed E-state index contributed by atoms with van der Waals surface area (Å²) in [5.41, 5.74) is 1.29.